The Morgan fingerprint density at radius 3 is 2.50 bits per heavy atom. The van der Waals surface area contributed by atoms with Crippen molar-refractivity contribution < 1.29 is 0 Å². The zero-order valence-electron chi connectivity index (χ0n) is 8.53. The summed E-state index contributed by atoms with van der Waals surface area (Å²) in [7, 11) is 0. The lowest BCUT2D eigenvalue weighted by atomic mass is 10.1. The lowest BCUT2D eigenvalue weighted by Gasteiger charge is -2.08. The average Bonchev–Trinajstić information content (AvgIpc) is 2.33. The van der Waals surface area contributed by atoms with Crippen LogP contribution >= 0.6 is 23.2 Å². The molecule has 0 saturated heterocycles. The van der Waals surface area contributed by atoms with E-state index in [1.165, 1.54) is 6.33 Å². The van der Waals surface area contributed by atoms with Crippen molar-refractivity contribution >= 4 is 23.2 Å². The standard InChI is InChI=1S/C12H10Cl2N2/c13-7-6-10-11(15-8-16-12(10)14)9-4-2-1-3-5-9/h1-5,8H,6-7H2. The number of benzene rings is 1. The Morgan fingerprint density at radius 1 is 1.06 bits per heavy atom. The molecule has 1 aromatic heterocycles. The van der Waals surface area contributed by atoms with Gasteiger partial charge >= 0.3 is 0 Å². The van der Waals surface area contributed by atoms with Crippen LogP contribution in [0.2, 0.25) is 5.15 Å². The van der Waals surface area contributed by atoms with Crippen molar-refractivity contribution in [1.29, 1.82) is 0 Å². The smallest absolute Gasteiger partial charge is 0.136 e. The minimum absolute atomic E-state index is 0.481. The molecule has 0 spiro atoms. The molecule has 4 heteroatoms. The molecular weight excluding hydrogens is 243 g/mol. The number of hydrogen-bond donors (Lipinski definition) is 0. The monoisotopic (exact) mass is 252 g/mol. The van der Waals surface area contributed by atoms with Crippen LogP contribution < -0.4 is 0 Å². The first kappa shape index (κ1) is 11.4. The van der Waals surface area contributed by atoms with Crippen LogP contribution in [0.4, 0.5) is 0 Å². The fraction of sp³-hybridized carbons (Fsp3) is 0.167. The summed E-state index contributed by atoms with van der Waals surface area (Å²) < 4.78 is 0. The summed E-state index contributed by atoms with van der Waals surface area (Å²) in [6, 6.07) is 9.89. The van der Waals surface area contributed by atoms with E-state index in [0.29, 0.717) is 17.5 Å². The van der Waals surface area contributed by atoms with Crippen LogP contribution in [0, 0.1) is 0 Å². The van der Waals surface area contributed by atoms with Crippen LogP contribution in [0.15, 0.2) is 36.7 Å². The summed E-state index contributed by atoms with van der Waals surface area (Å²) in [5, 5.41) is 0.481. The summed E-state index contributed by atoms with van der Waals surface area (Å²) in [6.45, 7) is 0. The van der Waals surface area contributed by atoms with Crippen LogP contribution in [-0.4, -0.2) is 15.8 Å². The van der Waals surface area contributed by atoms with E-state index in [1.54, 1.807) is 0 Å². The molecule has 0 radical (unpaired) electrons. The molecule has 0 aliphatic rings. The second kappa shape index (κ2) is 5.28. The van der Waals surface area contributed by atoms with E-state index in [4.69, 9.17) is 23.2 Å². The van der Waals surface area contributed by atoms with Gasteiger partial charge in [-0.25, -0.2) is 9.97 Å². The molecule has 2 nitrogen and oxygen atoms in total. The van der Waals surface area contributed by atoms with Crippen LogP contribution in [0.1, 0.15) is 5.56 Å². The molecule has 0 N–H and O–H groups in total. The van der Waals surface area contributed by atoms with Crippen molar-refractivity contribution in [2.24, 2.45) is 0 Å². The summed E-state index contributed by atoms with van der Waals surface area (Å²) in [5.74, 6) is 0.507. The molecule has 0 aliphatic heterocycles. The maximum atomic E-state index is 6.05. The first-order valence-corrected chi connectivity index (χ1v) is 5.85. The van der Waals surface area contributed by atoms with Crippen molar-refractivity contribution in [3.63, 3.8) is 0 Å². The molecule has 0 fully saturated rings. The topological polar surface area (TPSA) is 25.8 Å². The van der Waals surface area contributed by atoms with Crippen molar-refractivity contribution in [3.05, 3.63) is 47.4 Å². The number of halogens is 2. The van der Waals surface area contributed by atoms with Crippen LogP contribution in [0.3, 0.4) is 0 Å². The SMILES string of the molecule is ClCCc1c(Cl)ncnc1-c1ccccc1. The van der Waals surface area contributed by atoms with E-state index >= 15 is 0 Å². The van der Waals surface area contributed by atoms with Gasteiger partial charge in [-0.2, -0.15) is 0 Å². The van der Waals surface area contributed by atoms with E-state index in [0.717, 1.165) is 16.8 Å². The minimum Gasteiger partial charge on any atom is -0.236 e. The van der Waals surface area contributed by atoms with E-state index in [-0.39, 0.29) is 0 Å². The van der Waals surface area contributed by atoms with Gasteiger partial charge in [-0.05, 0) is 6.42 Å². The fourth-order valence-corrected chi connectivity index (χ4v) is 1.97. The molecule has 0 unspecified atom stereocenters. The average molecular weight is 253 g/mol. The number of nitrogens with zero attached hydrogens (tertiary/aromatic N) is 2. The van der Waals surface area contributed by atoms with Gasteiger partial charge in [-0.3, -0.25) is 0 Å². The zero-order chi connectivity index (χ0) is 11.4. The lowest BCUT2D eigenvalue weighted by Crippen LogP contribution is -1.97. The molecule has 1 aromatic carbocycles. The predicted molar refractivity (Wildman–Crippen MR) is 66.9 cm³/mol. The highest BCUT2D eigenvalue weighted by atomic mass is 35.5. The summed E-state index contributed by atoms with van der Waals surface area (Å²) in [5.41, 5.74) is 2.80. The second-order valence-electron chi connectivity index (χ2n) is 3.30. The van der Waals surface area contributed by atoms with E-state index in [9.17, 15) is 0 Å². The maximum Gasteiger partial charge on any atom is 0.136 e. The second-order valence-corrected chi connectivity index (χ2v) is 4.03. The van der Waals surface area contributed by atoms with Gasteiger partial charge in [0, 0.05) is 17.0 Å². The fourth-order valence-electron chi connectivity index (χ4n) is 1.55. The first-order valence-electron chi connectivity index (χ1n) is 4.93. The Bertz CT molecular complexity index is 472. The molecule has 82 valence electrons. The zero-order valence-corrected chi connectivity index (χ0v) is 10.0. The van der Waals surface area contributed by atoms with Crippen molar-refractivity contribution in [3.8, 4) is 11.3 Å². The molecule has 16 heavy (non-hydrogen) atoms. The Morgan fingerprint density at radius 2 is 1.81 bits per heavy atom. The van der Waals surface area contributed by atoms with Gasteiger partial charge in [0.25, 0.3) is 0 Å². The molecular formula is C12H10Cl2N2. The highest BCUT2D eigenvalue weighted by molar-refractivity contribution is 6.30. The highest BCUT2D eigenvalue weighted by Crippen LogP contribution is 2.25. The largest absolute Gasteiger partial charge is 0.236 e. The van der Waals surface area contributed by atoms with Gasteiger partial charge in [0.2, 0.25) is 0 Å². The molecule has 2 rings (SSSR count). The van der Waals surface area contributed by atoms with Gasteiger partial charge in [-0.1, -0.05) is 41.9 Å². The Hall–Kier alpha value is -1.12. The number of rotatable bonds is 3. The molecule has 0 bridgehead atoms. The van der Waals surface area contributed by atoms with Gasteiger partial charge in [0.15, 0.2) is 0 Å². The van der Waals surface area contributed by atoms with Gasteiger partial charge in [0.1, 0.15) is 11.5 Å². The van der Waals surface area contributed by atoms with Crippen molar-refractivity contribution in [1.82, 2.24) is 9.97 Å². The maximum absolute atomic E-state index is 6.05. The molecule has 2 aromatic rings. The third kappa shape index (κ3) is 2.34. The Balaban J connectivity index is 2.52. The molecule has 0 amide bonds. The quantitative estimate of drug-likeness (QED) is 0.617. The number of hydrogen-bond acceptors (Lipinski definition) is 2. The van der Waals surface area contributed by atoms with Gasteiger partial charge < -0.3 is 0 Å². The summed E-state index contributed by atoms with van der Waals surface area (Å²) in [4.78, 5) is 8.25. The summed E-state index contributed by atoms with van der Waals surface area (Å²) >= 11 is 11.8. The van der Waals surface area contributed by atoms with Crippen LogP contribution in [0.5, 0.6) is 0 Å². The number of alkyl halides is 1. The third-order valence-corrected chi connectivity index (χ3v) is 2.80. The van der Waals surface area contributed by atoms with Gasteiger partial charge in [-0.15, -0.1) is 11.6 Å². The van der Waals surface area contributed by atoms with Crippen LogP contribution in [0.25, 0.3) is 11.3 Å². The van der Waals surface area contributed by atoms with E-state index in [2.05, 4.69) is 9.97 Å². The third-order valence-electron chi connectivity index (χ3n) is 2.28. The van der Waals surface area contributed by atoms with E-state index < -0.39 is 0 Å². The number of aromatic nitrogens is 2. The molecule has 0 atom stereocenters. The predicted octanol–water partition coefficient (Wildman–Crippen LogP) is 3.58. The lowest BCUT2D eigenvalue weighted by molar-refractivity contribution is 1.06. The minimum atomic E-state index is 0.481. The van der Waals surface area contributed by atoms with Gasteiger partial charge in [0.05, 0.1) is 5.69 Å². The van der Waals surface area contributed by atoms with Crippen molar-refractivity contribution in [2.45, 2.75) is 6.42 Å². The Kier molecular flexibility index (Phi) is 3.75. The first-order chi connectivity index (χ1) is 7.83. The van der Waals surface area contributed by atoms with Crippen LogP contribution in [-0.2, 0) is 6.42 Å². The van der Waals surface area contributed by atoms with E-state index in [1.807, 2.05) is 30.3 Å². The normalized spacial score (nSPS) is 10.4. The molecule has 0 saturated carbocycles. The Labute approximate surface area is 104 Å². The van der Waals surface area contributed by atoms with Crippen molar-refractivity contribution in [2.75, 3.05) is 5.88 Å². The molecule has 1 heterocycles. The highest BCUT2D eigenvalue weighted by Gasteiger charge is 2.10. The summed E-state index contributed by atoms with van der Waals surface area (Å²) in [6.07, 6.45) is 2.15. The molecule has 0 aliphatic carbocycles.